The number of benzene rings is 8. The van der Waals surface area contributed by atoms with E-state index in [1.807, 2.05) is 79.7 Å². The van der Waals surface area contributed by atoms with Crippen LogP contribution in [-0.4, -0.2) is 15.2 Å². The van der Waals surface area contributed by atoms with Crippen LogP contribution in [0.25, 0.3) is 97.6 Å². The molecule has 0 aliphatic rings. The van der Waals surface area contributed by atoms with Gasteiger partial charge in [0.2, 0.25) is 6.08 Å². The first kappa shape index (κ1) is 45.7. The monoisotopic (exact) mass is 944 g/mol. The highest BCUT2D eigenvalue weighted by molar-refractivity contribution is 6.10. The standard InChI is InChI=1S/C62H48N4O6/c1-31(2)49-25-47(64-30-67)26-50(32(3)4)57(49)65-59(68)53-21-43-17-39-13-35-9-11-37-15-41-19-45-23-55-56(62(71)66(61(55)70)58-51(33(5)6)27-48(72-29-63)28-52(58)34(7)8)24-46(45)20-42(41)16-38(37)12-10-36(35)14-40(39)18-44(43)22-54(53)60(65)69/h9-28,31-34H,1-8H3. The van der Waals surface area contributed by atoms with Crippen LogP contribution >= 0.6 is 0 Å². The van der Waals surface area contributed by atoms with E-state index in [4.69, 9.17) is 4.74 Å². The molecule has 0 saturated heterocycles. The lowest BCUT2D eigenvalue weighted by Crippen LogP contribution is -2.26. The van der Waals surface area contributed by atoms with E-state index in [0.29, 0.717) is 44.4 Å². The molecule has 0 aliphatic heterocycles. The molecule has 0 radical (unpaired) electrons. The van der Waals surface area contributed by atoms with Crippen molar-refractivity contribution in [2.45, 2.75) is 79.1 Å². The SMILES string of the molecule is CC(C)c1cc(N=C=O)cc(C(C)C)c1-n1c(=O)c2cc3cc4cc5ccc6cc7cc8cc9c(=O)n(-c%10c(C(C)C)cc(OC#N)cc%10C(C)C)c(=O)c9cc8cc7cc6ccc5cc4cc3cc2c1=O. The van der Waals surface area contributed by atoms with Gasteiger partial charge in [-0.2, -0.15) is 4.99 Å². The maximum atomic E-state index is 14.4. The Morgan fingerprint density at radius 2 is 0.667 bits per heavy atom. The van der Waals surface area contributed by atoms with E-state index in [9.17, 15) is 29.2 Å². The fraction of sp³-hybridized carbons (Fsp3) is 0.194. The zero-order valence-corrected chi connectivity index (χ0v) is 41.1. The molecule has 352 valence electrons. The number of aromatic nitrogens is 2. The first-order valence-electron chi connectivity index (χ1n) is 24.3. The third kappa shape index (κ3) is 7.23. The molecule has 0 fully saturated rings. The first-order chi connectivity index (χ1) is 34.5. The van der Waals surface area contributed by atoms with Gasteiger partial charge in [0.05, 0.1) is 38.6 Å². The molecular formula is C62H48N4O6. The van der Waals surface area contributed by atoms with Crippen LogP contribution in [0.3, 0.4) is 0 Å². The van der Waals surface area contributed by atoms with Gasteiger partial charge in [0, 0.05) is 0 Å². The Bertz CT molecular complexity index is 4290. The summed E-state index contributed by atoms with van der Waals surface area (Å²) in [5.41, 5.74) is 2.99. The van der Waals surface area contributed by atoms with Crippen LogP contribution in [0.15, 0.2) is 145 Å². The number of nitrogens with zero attached hydrogens (tertiary/aromatic N) is 4. The minimum absolute atomic E-state index is 0.0697. The van der Waals surface area contributed by atoms with Crippen molar-refractivity contribution in [2.75, 3.05) is 0 Å². The smallest absolute Gasteiger partial charge is 0.292 e. The molecule has 72 heavy (non-hydrogen) atoms. The van der Waals surface area contributed by atoms with E-state index < -0.39 is 0 Å². The Labute approximate surface area is 412 Å². The Hall–Kier alpha value is -8.77. The van der Waals surface area contributed by atoms with Crippen LogP contribution in [0, 0.1) is 11.5 Å². The average Bonchev–Trinajstić information content (AvgIpc) is 3.72. The Kier molecular flexibility index (Phi) is 10.8. The molecule has 10 heteroatoms. The van der Waals surface area contributed by atoms with Crippen molar-refractivity contribution in [3.8, 4) is 23.4 Å². The van der Waals surface area contributed by atoms with Gasteiger partial charge >= 0.3 is 0 Å². The van der Waals surface area contributed by atoms with E-state index >= 15 is 0 Å². The predicted octanol–water partition coefficient (Wildman–Crippen LogP) is 13.7. The molecule has 0 spiro atoms. The quantitative estimate of drug-likeness (QED) is 0.0639. The second-order valence-electron chi connectivity index (χ2n) is 20.3. The minimum Gasteiger partial charge on any atom is -0.388 e. The van der Waals surface area contributed by atoms with Crippen molar-refractivity contribution < 1.29 is 9.53 Å². The van der Waals surface area contributed by atoms with E-state index in [1.54, 1.807) is 36.6 Å². The normalized spacial score (nSPS) is 12.0. The summed E-state index contributed by atoms with van der Waals surface area (Å²) in [7, 11) is 0. The number of hydrogen-bond donors (Lipinski definition) is 0. The number of isocyanates is 1. The molecule has 11 aromatic rings. The van der Waals surface area contributed by atoms with Gasteiger partial charge in [0.1, 0.15) is 5.75 Å². The second-order valence-corrected chi connectivity index (χ2v) is 20.3. The molecule has 0 unspecified atom stereocenters. The van der Waals surface area contributed by atoms with Gasteiger partial charge in [0.25, 0.3) is 28.5 Å². The fourth-order valence-electron chi connectivity index (χ4n) is 10.8. The largest absolute Gasteiger partial charge is 0.388 e. The molecule has 0 aliphatic carbocycles. The zero-order chi connectivity index (χ0) is 50.6. The zero-order valence-electron chi connectivity index (χ0n) is 41.1. The molecule has 0 N–H and O–H groups in total. The summed E-state index contributed by atoms with van der Waals surface area (Å²) in [5.74, 6) is 0.0940. The lowest BCUT2D eigenvalue weighted by molar-refractivity contribution is 0.504. The van der Waals surface area contributed by atoms with Gasteiger partial charge in [-0.25, -0.2) is 13.9 Å². The summed E-state index contributed by atoms with van der Waals surface area (Å²) in [4.78, 5) is 72.6. The predicted molar refractivity (Wildman–Crippen MR) is 292 cm³/mol. The number of aliphatic imine (C=N–C) groups is 1. The molecule has 10 nitrogen and oxygen atoms in total. The van der Waals surface area contributed by atoms with Crippen LogP contribution in [0.4, 0.5) is 5.69 Å². The summed E-state index contributed by atoms with van der Waals surface area (Å²) in [5, 5.41) is 22.1. The highest BCUT2D eigenvalue weighted by Crippen LogP contribution is 2.38. The van der Waals surface area contributed by atoms with Crippen molar-refractivity contribution in [2.24, 2.45) is 4.99 Å². The van der Waals surface area contributed by atoms with Gasteiger partial charge in [-0.3, -0.25) is 19.2 Å². The first-order valence-corrected chi connectivity index (χ1v) is 24.3. The minimum atomic E-state index is -0.385. The number of nitriles is 1. The molecule has 0 bridgehead atoms. The van der Waals surface area contributed by atoms with Gasteiger partial charge < -0.3 is 4.74 Å². The van der Waals surface area contributed by atoms with E-state index in [0.717, 1.165) is 86.9 Å². The summed E-state index contributed by atoms with van der Waals surface area (Å²) in [6, 6.07) is 39.7. The summed E-state index contributed by atoms with van der Waals surface area (Å²) >= 11 is 0. The third-order valence-corrected chi connectivity index (χ3v) is 14.5. The third-order valence-electron chi connectivity index (χ3n) is 14.5. The van der Waals surface area contributed by atoms with Crippen molar-refractivity contribution in [1.29, 1.82) is 5.26 Å². The molecule has 0 saturated carbocycles. The summed E-state index contributed by atoms with van der Waals surface area (Å²) < 4.78 is 7.85. The highest BCUT2D eigenvalue weighted by Gasteiger charge is 2.26. The molecule has 9 aromatic carbocycles. The van der Waals surface area contributed by atoms with Crippen molar-refractivity contribution in [3.05, 3.63) is 185 Å². The summed E-state index contributed by atoms with van der Waals surface area (Å²) in [6.45, 7) is 15.9. The van der Waals surface area contributed by atoms with Gasteiger partial charge in [-0.15, -0.1) is 5.26 Å². The topological polar surface area (TPSA) is 141 Å². The number of hydrogen-bond acceptors (Lipinski definition) is 8. The molecule has 2 heterocycles. The molecule has 11 rings (SSSR count). The van der Waals surface area contributed by atoms with E-state index in [-0.39, 0.29) is 45.9 Å². The average molecular weight is 945 g/mol. The molecular weight excluding hydrogens is 897 g/mol. The van der Waals surface area contributed by atoms with E-state index in [2.05, 4.69) is 77.8 Å². The Morgan fingerprint density at radius 1 is 0.403 bits per heavy atom. The van der Waals surface area contributed by atoms with Gasteiger partial charge in [0.15, 0.2) is 0 Å². The van der Waals surface area contributed by atoms with Gasteiger partial charge in [-0.05, 0) is 208 Å². The lowest BCUT2D eigenvalue weighted by atomic mass is 9.91. The summed E-state index contributed by atoms with van der Waals surface area (Å²) in [6.07, 6.45) is 3.38. The van der Waals surface area contributed by atoms with Gasteiger partial charge in [-0.1, -0.05) is 79.7 Å². The van der Waals surface area contributed by atoms with Crippen molar-refractivity contribution >= 4 is 97.9 Å². The van der Waals surface area contributed by atoms with Crippen LogP contribution in [0.5, 0.6) is 5.75 Å². The van der Waals surface area contributed by atoms with E-state index in [1.165, 1.54) is 9.13 Å². The van der Waals surface area contributed by atoms with Crippen LogP contribution in [0.2, 0.25) is 0 Å². The highest BCUT2D eigenvalue weighted by atomic mass is 16.5. The second kappa shape index (κ2) is 17.0. The molecule has 2 aromatic heterocycles. The van der Waals surface area contributed by atoms with Crippen LogP contribution in [-0.2, 0) is 4.79 Å². The van der Waals surface area contributed by atoms with Crippen LogP contribution < -0.4 is 27.0 Å². The Morgan fingerprint density at radius 3 is 0.931 bits per heavy atom. The fourth-order valence-corrected chi connectivity index (χ4v) is 10.8. The number of ether oxygens (including phenoxy) is 1. The maximum Gasteiger partial charge on any atom is 0.292 e. The maximum absolute atomic E-state index is 14.4. The molecule has 0 atom stereocenters. The van der Waals surface area contributed by atoms with Crippen molar-refractivity contribution in [1.82, 2.24) is 9.13 Å². The number of fused-ring (bicyclic) bond motifs is 8. The Balaban J connectivity index is 1.03. The number of carbonyl (C=O) groups excluding carboxylic acids is 1. The number of rotatable bonds is 8. The lowest BCUT2D eigenvalue weighted by Gasteiger charge is -2.20. The van der Waals surface area contributed by atoms with Crippen molar-refractivity contribution in [3.63, 3.8) is 0 Å². The molecule has 0 amide bonds. The van der Waals surface area contributed by atoms with Crippen LogP contribution in [0.1, 0.15) is 101 Å².